The molecule has 0 aliphatic heterocycles. The molecule has 1 saturated carbocycles. The van der Waals surface area contributed by atoms with Gasteiger partial charge in [-0.1, -0.05) is 25.7 Å². The van der Waals surface area contributed by atoms with E-state index in [2.05, 4.69) is 15.6 Å². The van der Waals surface area contributed by atoms with Gasteiger partial charge in [-0.05, 0) is 37.1 Å². The summed E-state index contributed by atoms with van der Waals surface area (Å²) in [6.45, 7) is 1.78. The zero-order chi connectivity index (χ0) is 17.6. The summed E-state index contributed by atoms with van der Waals surface area (Å²) >= 11 is 0. The number of carbonyl (C=O) groups excluding carboxylic acids is 2. The van der Waals surface area contributed by atoms with E-state index in [1.807, 2.05) is 12.1 Å². The molecule has 132 valence electrons. The summed E-state index contributed by atoms with van der Waals surface area (Å²) in [5.74, 6) is 0.0680. The second kappa shape index (κ2) is 7.96. The van der Waals surface area contributed by atoms with Crippen molar-refractivity contribution in [1.82, 2.24) is 10.3 Å². The number of nitrogens with one attached hydrogen (secondary N) is 2. The third-order valence-electron chi connectivity index (χ3n) is 4.45. The Balaban J connectivity index is 1.55. The first-order valence-electron chi connectivity index (χ1n) is 8.76. The van der Waals surface area contributed by atoms with Crippen LogP contribution in [0.4, 0.5) is 5.69 Å². The molecule has 1 aromatic carbocycles. The fourth-order valence-corrected chi connectivity index (χ4v) is 3.08. The van der Waals surface area contributed by atoms with Gasteiger partial charge in [0.2, 0.25) is 0 Å². The molecule has 3 rings (SSSR count). The maximum atomic E-state index is 12.1. The Hall–Kier alpha value is -2.63. The summed E-state index contributed by atoms with van der Waals surface area (Å²) in [6.07, 6.45) is 8.17. The highest BCUT2D eigenvalue weighted by molar-refractivity contribution is 6.39. The van der Waals surface area contributed by atoms with Gasteiger partial charge in [0.05, 0.1) is 6.20 Å². The van der Waals surface area contributed by atoms with Crippen molar-refractivity contribution in [3.8, 4) is 11.3 Å². The lowest BCUT2D eigenvalue weighted by Gasteiger charge is -2.15. The van der Waals surface area contributed by atoms with Gasteiger partial charge in [0.1, 0.15) is 0 Å². The molecule has 2 aromatic rings. The van der Waals surface area contributed by atoms with Crippen molar-refractivity contribution in [3.63, 3.8) is 0 Å². The maximum absolute atomic E-state index is 12.1. The minimum atomic E-state index is -0.632. The summed E-state index contributed by atoms with van der Waals surface area (Å²) in [7, 11) is 0. The highest BCUT2D eigenvalue weighted by Crippen LogP contribution is 2.22. The molecule has 6 heteroatoms. The standard InChI is InChI=1S/C19H23N3O3/c1-13-20-12-17(25-13)14-8-10-16(11-9-14)22-19(24)18(23)21-15-6-4-2-3-5-7-15/h8-12,15H,2-7H2,1H3,(H,21,23)(H,22,24). The van der Waals surface area contributed by atoms with Crippen molar-refractivity contribution in [2.24, 2.45) is 0 Å². The number of aryl methyl sites for hydroxylation is 1. The average Bonchev–Trinajstić information content (AvgIpc) is 2.88. The minimum Gasteiger partial charge on any atom is -0.441 e. The van der Waals surface area contributed by atoms with Crippen LogP contribution in [-0.4, -0.2) is 22.8 Å². The molecule has 0 bridgehead atoms. The summed E-state index contributed by atoms with van der Waals surface area (Å²) in [6, 6.07) is 7.23. The number of hydrogen-bond acceptors (Lipinski definition) is 4. The Labute approximate surface area is 147 Å². The smallest absolute Gasteiger partial charge is 0.313 e. The third kappa shape index (κ3) is 4.68. The normalized spacial score (nSPS) is 15.4. The van der Waals surface area contributed by atoms with Crippen LogP contribution in [0.2, 0.25) is 0 Å². The molecule has 1 heterocycles. The van der Waals surface area contributed by atoms with E-state index in [1.54, 1.807) is 25.3 Å². The van der Waals surface area contributed by atoms with E-state index < -0.39 is 11.8 Å². The third-order valence-corrected chi connectivity index (χ3v) is 4.45. The molecule has 1 aliphatic rings. The summed E-state index contributed by atoms with van der Waals surface area (Å²) < 4.78 is 5.46. The van der Waals surface area contributed by atoms with E-state index in [0.717, 1.165) is 31.2 Å². The summed E-state index contributed by atoms with van der Waals surface area (Å²) in [5.41, 5.74) is 1.43. The van der Waals surface area contributed by atoms with E-state index in [1.165, 1.54) is 12.8 Å². The van der Waals surface area contributed by atoms with Crippen LogP contribution < -0.4 is 10.6 Å². The van der Waals surface area contributed by atoms with Crippen molar-refractivity contribution in [2.45, 2.75) is 51.5 Å². The van der Waals surface area contributed by atoms with Gasteiger partial charge >= 0.3 is 11.8 Å². The lowest BCUT2D eigenvalue weighted by atomic mass is 10.1. The summed E-state index contributed by atoms with van der Waals surface area (Å²) in [4.78, 5) is 28.2. The number of aromatic nitrogens is 1. The van der Waals surface area contributed by atoms with Crippen molar-refractivity contribution < 1.29 is 14.0 Å². The van der Waals surface area contributed by atoms with Gasteiger partial charge in [-0.2, -0.15) is 0 Å². The van der Waals surface area contributed by atoms with Crippen LogP contribution in [0.25, 0.3) is 11.3 Å². The van der Waals surface area contributed by atoms with Crippen molar-refractivity contribution in [2.75, 3.05) is 5.32 Å². The molecule has 2 amide bonds. The molecule has 0 spiro atoms. The molecule has 0 atom stereocenters. The number of rotatable bonds is 3. The number of benzene rings is 1. The Kier molecular flexibility index (Phi) is 5.48. The van der Waals surface area contributed by atoms with Gasteiger partial charge in [-0.15, -0.1) is 0 Å². The second-order valence-corrected chi connectivity index (χ2v) is 6.44. The van der Waals surface area contributed by atoms with E-state index in [-0.39, 0.29) is 6.04 Å². The van der Waals surface area contributed by atoms with Crippen LogP contribution in [-0.2, 0) is 9.59 Å². The monoisotopic (exact) mass is 341 g/mol. The number of oxazole rings is 1. The maximum Gasteiger partial charge on any atom is 0.313 e. The molecule has 1 aliphatic carbocycles. The predicted octanol–water partition coefficient (Wildman–Crippen LogP) is 3.43. The van der Waals surface area contributed by atoms with Gasteiger partial charge in [0, 0.05) is 24.2 Å². The average molecular weight is 341 g/mol. The Bertz CT molecular complexity index is 729. The van der Waals surface area contributed by atoms with Gasteiger partial charge in [0.25, 0.3) is 0 Å². The molecule has 1 fully saturated rings. The molecular weight excluding hydrogens is 318 g/mol. The van der Waals surface area contributed by atoms with Crippen LogP contribution >= 0.6 is 0 Å². The van der Waals surface area contributed by atoms with E-state index in [0.29, 0.717) is 17.3 Å². The number of carbonyl (C=O) groups is 2. The topological polar surface area (TPSA) is 84.2 Å². The molecule has 25 heavy (non-hydrogen) atoms. The van der Waals surface area contributed by atoms with Crippen LogP contribution in [0, 0.1) is 6.92 Å². The fourth-order valence-electron chi connectivity index (χ4n) is 3.08. The lowest BCUT2D eigenvalue weighted by Crippen LogP contribution is -2.41. The van der Waals surface area contributed by atoms with Gasteiger partial charge in [-0.3, -0.25) is 9.59 Å². The largest absolute Gasteiger partial charge is 0.441 e. The number of hydrogen-bond donors (Lipinski definition) is 2. The van der Waals surface area contributed by atoms with Gasteiger partial charge in [-0.25, -0.2) is 4.98 Å². The minimum absolute atomic E-state index is 0.109. The highest BCUT2D eigenvalue weighted by Gasteiger charge is 2.19. The van der Waals surface area contributed by atoms with Crippen molar-refractivity contribution in [3.05, 3.63) is 36.4 Å². The molecule has 6 nitrogen and oxygen atoms in total. The predicted molar refractivity (Wildman–Crippen MR) is 94.9 cm³/mol. The fraction of sp³-hybridized carbons (Fsp3) is 0.421. The van der Waals surface area contributed by atoms with Crippen molar-refractivity contribution >= 4 is 17.5 Å². The van der Waals surface area contributed by atoms with Gasteiger partial charge < -0.3 is 15.1 Å². The first-order chi connectivity index (χ1) is 12.1. The molecule has 0 saturated heterocycles. The molecule has 0 unspecified atom stereocenters. The number of amides is 2. The van der Waals surface area contributed by atoms with E-state index in [4.69, 9.17) is 4.42 Å². The molecule has 2 N–H and O–H groups in total. The van der Waals surface area contributed by atoms with Gasteiger partial charge in [0.15, 0.2) is 11.7 Å². The Morgan fingerprint density at radius 2 is 1.72 bits per heavy atom. The van der Waals surface area contributed by atoms with E-state index >= 15 is 0 Å². The highest BCUT2D eigenvalue weighted by atomic mass is 16.4. The van der Waals surface area contributed by atoms with Crippen LogP contribution in [0.5, 0.6) is 0 Å². The lowest BCUT2D eigenvalue weighted by molar-refractivity contribution is -0.136. The van der Waals surface area contributed by atoms with Crippen LogP contribution in [0.3, 0.4) is 0 Å². The SMILES string of the molecule is Cc1ncc(-c2ccc(NC(=O)C(=O)NC3CCCCCC3)cc2)o1. The van der Waals surface area contributed by atoms with Crippen LogP contribution in [0.15, 0.2) is 34.9 Å². The molecular formula is C19H23N3O3. The molecule has 0 radical (unpaired) electrons. The quantitative estimate of drug-likeness (QED) is 0.662. The Morgan fingerprint density at radius 3 is 2.32 bits per heavy atom. The summed E-state index contributed by atoms with van der Waals surface area (Å²) in [5, 5.41) is 5.48. The number of anilines is 1. The second-order valence-electron chi connectivity index (χ2n) is 6.44. The zero-order valence-corrected chi connectivity index (χ0v) is 14.4. The first-order valence-corrected chi connectivity index (χ1v) is 8.76. The molecule has 1 aromatic heterocycles. The zero-order valence-electron chi connectivity index (χ0n) is 14.4. The Morgan fingerprint density at radius 1 is 1.04 bits per heavy atom. The van der Waals surface area contributed by atoms with E-state index in [9.17, 15) is 9.59 Å². The number of nitrogens with zero attached hydrogens (tertiary/aromatic N) is 1. The first kappa shape index (κ1) is 17.2. The van der Waals surface area contributed by atoms with Crippen LogP contribution in [0.1, 0.15) is 44.4 Å². The van der Waals surface area contributed by atoms with Crippen molar-refractivity contribution in [1.29, 1.82) is 0 Å².